The number of phenols is 1. The van der Waals surface area contributed by atoms with E-state index in [1.165, 1.54) is 50.3 Å². The van der Waals surface area contributed by atoms with E-state index in [1.807, 2.05) is 0 Å². The Labute approximate surface area is 262 Å². The van der Waals surface area contributed by atoms with Crippen LogP contribution in [0.1, 0.15) is 26.3 Å². The van der Waals surface area contributed by atoms with Crippen LogP contribution in [0.2, 0.25) is 0 Å². The van der Waals surface area contributed by atoms with Crippen LogP contribution in [-0.2, 0) is 9.59 Å². The van der Waals surface area contributed by atoms with Crippen LogP contribution in [0.3, 0.4) is 0 Å². The molecule has 5 N–H and O–H groups in total. The quantitative estimate of drug-likeness (QED) is 0.0802. The number of hydrogen-bond acceptors (Lipinski definition) is 8. The van der Waals surface area contributed by atoms with Gasteiger partial charge in [0.2, 0.25) is 5.91 Å². The number of ether oxygens (including phenoxy) is 2. The Morgan fingerprint density at radius 1 is 0.822 bits per heavy atom. The van der Waals surface area contributed by atoms with Gasteiger partial charge in [-0.2, -0.15) is 0 Å². The summed E-state index contributed by atoms with van der Waals surface area (Å²) in [7, 11) is 2.97. The van der Waals surface area contributed by atoms with Gasteiger partial charge in [-0.05, 0) is 66.7 Å². The summed E-state index contributed by atoms with van der Waals surface area (Å²) < 4.78 is 10.8. The van der Waals surface area contributed by atoms with Crippen molar-refractivity contribution in [2.45, 2.75) is 4.90 Å². The molecule has 11 nitrogen and oxygen atoms in total. The van der Waals surface area contributed by atoms with Crippen LogP contribution in [0.25, 0.3) is 6.08 Å². The highest BCUT2D eigenvalue weighted by Crippen LogP contribution is 2.32. The lowest BCUT2D eigenvalue weighted by Crippen LogP contribution is -2.30. The molecule has 45 heavy (non-hydrogen) atoms. The normalized spacial score (nSPS) is 10.8. The molecular weight excluding hydrogens is 598 g/mol. The zero-order valence-electron chi connectivity index (χ0n) is 24.2. The summed E-state index contributed by atoms with van der Waals surface area (Å²) in [5.41, 5.74) is 1.20. The highest BCUT2D eigenvalue weighted by atomic mass is 32.2. The van der Waals surface area contributed by atoms with Crippen LogP contribution in [0.15, 0.2) is 102 Å². The van der Waals surface area contributed by atoms with E-state index >= 15 is 0 Å². The Bertz CT molecular complexity index is 1740. The number of rotatable bonds is 12. The standard InChI is InChI=1S/C33H29N3O8S/c1-43-28-10-6-9-21(30(28)44-2)17-26(36-31(39)20-7-4-3-5-8-20)32(40)35-22-11-14-24(15-12-22)45-19-29(38)34-23-13-16-27(37)25(18-23)33(41)42/h3-18,37H,19H2,1-2H3,(H,34,38)(H,35,40)(H,36,39)(H,41,42)/b26-17-. The molecule has 4 rings (SSSR count). The fraction of sp³-hybridized carbons (Fsp3) is 0.0909. The lowest BCUT2D eigenvalue weighted by Gasteiger charge is -2.14. The summed E-state index contributed by atoms with van der Waals surface area (Å²) in [5, 5.41) is 26.8. The van der Waals surface area contributed by atoms with E-state index < -0.39 is 23.5 Å². The number of methoxy groups -OCH3 is 2. The molecule has 0 saturated heterocycles. The fourth-order valence-electron chi connectivity index (χ4n) is 4.09. The molecular formula is C33H29N3O8S. The number of carbonyl (C=O) groups is 4. The lowest BCUT2D eigenvalue weighted by atomic mass is 10.1. The van der Waals surface area contributed by atoms with Gasteiger partial charge in [-0.25, -0.2) is 4.79 Å². The zero-order valence-corrected chi connectivity index (χ0v) is 25.0. The zero-order chi connectivity index (χ0) is 32.3. The molecule has 0 fully saturated rings. The highest BCUT2D eigenvalue weighted by Gasteiger charge is 2.18. The molecule has 0 aliphatic heterocycles. The van der Waals surface area contributed by atoms with Gasteiger partial charge in [0, 0.05) is 27.4 Å². The molecule has 12 heteroatoms. The second kappa shape index (κ2) is 15.1. The Kier molecular flexibility index (Phi) is 10.8. The topological polar surface area (TPSA) is 163 Å². The van der Waals surface area contributed by atoms with Gasteiger partial charge in [-0.3, -0.25) is 14.4 Å². The van der Waals surface area contributed by atoms with Gasteiger partial charge in [0.05, 0.1) is 20.0 Å². The molecule has 3 amide bonds. The number of para-hydroxylation sites is 1. The SMILES string of the molecule is COc1cccc(/C=C(\NC(=O)c2ccccc2)C(=O)Nc2ccc(SCC(=O)Nc3ccc(O)c(C(=O)O)c3)cc2)c1OC. The van der Waals surface area contributed by atoms with Crippen molar-refractivity contribution in [2.24, 2.45) is 0 Å². The van der Waals surface area contributed by atoms with Crippen molar-refractivity contribution in [2.75, 3.05) is 30.6 Å². The second-order valence-corrected chi connectivity index (χ2v) is 10.4. The maximum absolute atomic E-state index is 13.4. The molecule has 0 aromatic heterocycles. The first-order chi connectivity index (χ1) is 21.7. The smallest absolute Gasteiger partial charge is 0.339 e. The number of anilines is 2. The van der Waals surface area contributed by atoms with Gasteiger partial charge in [0.1, 0.15) is 17.0 Å². The first kappa shape index (κ1) is 32.2. The molecule has 4 aromatic rings. The molecule has 4 aromatic carbocycles. The number of aromatic carboxylic acids is 1. The Morgan fingerprint density at radius 2 is 1.53 bits per heavy atom. The molecule has 0 bridgehead atoms. The highest BCUT2D eigenvalue weighted by molar-refractivity contribution is 8.00. The van der Waals surface area contributed by atoms with Crippen LogP contribution in [-0.4, -0.2) is 53.9 Å². The predicted molar refractivity (Wildman–Crippen MR) is 171 cm³/mol. The van der Waals surface area contributed by atoms with Crippen LogP contribution in [0, 0.1) is 0 Å². The summed E-state index contributed by atoms with van der Waals surface area (Å²) in [4.78, 5) is 50.7. The van der Waals surface area contributed by atoms with E-state index in [0.29, 0.717) is 28.3 Å². The molecule has 0 radical (unpaired) electrons. The molecule has 0 unspecified atom stereocenters. The molecule has 0 atom stereocenters. The van der Waals surface area contributed by atoms with Gasteiger partial charge in [0.25, 0.3) is 11.8 Å². The van der Waals surface area contributed by atoms with Crippen molar-refractivity contribution in [3.05, 3.63) is 113 Å². The number of hydrogen-bond donors (Lipinski definition) is 5. The first-order valence-corrected chi connectivity index (χ1v) is 14.4. The summed E-state index contributed by atoms with van der Waals surface area (Å²) in [6, 6.07) is 24.1. The minimum Gasteiger partial charge on any atom is -0.507 e. The lowest BCUT2D eigenvalue weighted by molar-refractivity contribution is -0.114. The average molecular weight is 628 g/mol. The van der Waals surface area contributed by atoms with Crippen molar-refractivity contribution >= 4 is 52.9 Å². The van der Waals surface area contributed by atoms with E-state index in [-0.39, 0.29) is 28.6 Å². The second-order valence-electron chi connectivity index (χ2n) is 9.31. The third-order valence-electron chi connectivity index (χ3n) is 6.25. The van der Waals surface area contributed by atoms with Crippen molar-refractivity contribution in [3.63, 3.8) is 0 Å². The van der Waals surface area contributed by atoms with Crippen molar-refractivity contribution in [1.29, 1.82) is 0 Å². The molecule has 0 aliphatic carbocycles. The molecule has 230 valence electrons. The van der Waals surface area contributed by atoms with Crippen LogP contribution >= 0.6 is 11.8 Å². The number of nitrogens with one attached hydrogen (secondary N) is 3. The summed E-state index contributed by atoms with van der Waals surface area (Å²) in [6.45, 7) is 0. The van der Waals surface area contributed by atoms with E-state index in [1.54, 1.807) is 72.8 Å². The van der Waals surface area contributed by atoms with Gasteiger partial charge < -0.3 is 35.6 Å². The largest absolute Gasteiger partial charge is 0.507 e. The minimum atomic E-state index is -1.31. The van der Waals surface area contributed by atoms with Crippen molar-refractivity contribution in [1.82, 2.24) is 5.32 Å². The number of carboxylic acids is 1. The first-order valence-electron chi connectivity index (χ1n) is 13.4. The van der Waals surface area contributed by atoms with Gasteiger partial charge in [-0.1, -0.05) is 30.3 Å². The van der Waals surface area contributed by atoms with E-state index in [9.17, 15) is 24.3 Å². The van der Waals surface area contributed by atoms with Gasteiger partial charge in [0.15, 0.2) is 11.5 Å². The number of aromatic hydroxyl groups is 1. The monoisotopic (exact) mass is 627 g/mol. The number of carboxylic acid groups (broad SMARTS) is 1. The van der Waals surface area contributed by atoms with Gasteiger partial charge in [-0.15, -0.1) is 11.8 Å². The Hall–Kier alpha value is -5.75. The molecule has 0 saturated carbocycles. The van der Waals surface area contributed by atoms with Crippen LogP contribution in [0.5, 0.6) is 17.2 Å². The Morgan fingerprint density at radius 3 is 2.20 bits per heavy atom. The van der Waals surface area contributed by atoms with Crippen LogP contribution < -0.4 is 25.4 Å². The number of thioether (sulfide) groups is 1. The van der Waals surface area contributed by atoms with E-state index in [2.05, 4.69) is 16.0 Å². The average Bonchev–Trinajstić information content (AvgIpc) is 3.05. The van der Waals surface area contributed by atoms with E-state index in [4.69, 9.17) is 14.6 Å². The molecule has 0 spiro atoms. The number of amides is 3. The van der Waals surface area contributed by atoms with Crippen molar-refractivity contribution in [3.8, 4) is 17.2 Å². The number of carbonyl (C=O) groups excluding carboxylic acids is 3. The molecule has 0 heterocycles. The summed E-state index contributed by atoms with van der Waals surface area (Å²) in [6.07, 6.45) is 1.49. The maximum Gasteiger partial charge on any atom is 0.339 e. The third kappa shape index (κ3) is 8.65. The maximum atomic E-state index is 13.4. The fourth-order valence-corrected chi connectivity index (χ4v) is 4.79. The summed E-state index contributed by atoms with van der Waals surface area (Å²) >= 11 is 1.23. The minimum absolute atomic E-state index is 0.0236. The third-order valence-corrected chi connectivity index (χ3v) is 7.27. The molecule has 0 aliphatic rings. The number of benzene rings is 4. The van der Waals surface area contributed by atoms with Gasteiger partial charge >= 0.3 is 5.97 Å². The van der Waals surface area contributed by atoms with E-state index in [0.717, 1.165) is 4.90 Å². The summed E-state index contributed by atoms with van der Waals surface area (Å²) in [5.74, 6) is -2.29. The predicted octanol–water partition coefficient (Wildman–Crippen LogP) is 5.25. The van der Waals surface area contributed by atoms with Crippen LogP contribution in [0.4, 0.5) is 11.4 Å². The Balaban J connectivity index is 1.45. The van der Waals surface area contributed by atoms with Crippen molar-refractivity contribution < 1.29 is 38.9 Å².